The number of carbonyl (C=O) groups is 1. The first kappa shape index (κ1) is 15.8. The molecule has 3 N–H and O–H groups in total. The van der Waals surface area contributed by atoms with Crippen molar-refractivity contribution in [3.05, 3.63) is 0 Å². The molecule has 1 rings (SSSR count). The van der Waals surface area contributed by atoms with E-state index in [1.807, 2.05) is 6.26 Å². The van der Waals surface area contributed by atoms with Gasteiger partial charge in [-0.05, 0) is 44.4 Å². The summed E-state index contributed by atoms with van der Waals surface area (Å²) in [5.74, 6) is 0.944. The van der Waals surface area contributed by atoms with Crippen LogP contribution in [0.1, 0.15) is 32.1 Å². The number of nitrogens with one attached hydrogen (secondary N) is 1. The summed E-state index contributed by atoms with van der Waals surface area (Å²) in [6.45, 7) is 4.04. The molecule has 1 aliphatic rings. The van der Waals surface area contributed by atoms with Crippen LogP contribution < -0.4 is 11.1 Å². The Hall–Kier alpha value is -0.260. The molecule has 1 atom stereocenters. The number of likely N-dealkylation sites (tertiary alicyclic amines) is 1. The number of hydrogen-bond donors (Lipinski definition) is 2. The van der Waals surface area contributed by atoms with Crippen molar-refractivity contribution in [2.75, 3.05) is 38.2 Å². The summed E-state index contributed by atoms with van der Waals surface area (Å²) in [5, 5.41) is 2.94. The second kappa shape index (κ2) is 9.64. The molecule has 1 saturated heterocycles. The van der Waals surface area contributed by atoms with Gasteiger partial charge in [0.25, 0.3) is 0 Å². The Labute approximate surface area is 115 Å². The number of amides is 1. The third-order valence-corrected chi connectivity index (χ3v) is 4.04. The molecule has 0 aromatic heterocycles. The van der Waals surface area contributed by atoms with Crippen molar-refractivity contribution in [3.63, 3.8) is 0 Å². The van der Waals surface area contributed by atoms with Gasteiger partial charge in [-0.2, -0.15) is 11.8 Å². The van der Waals surface area contributed by atoms with Gasteiger partial charge >= 0.3 is 0 Å². The third kappa shape index (κ3) is 6.61. The second-order valence-corrected chi connectivity index (χ2v) is 5.92. The maximum absolute atomic E-state index is 11.7. The molecule has 0 aliphatic carbocycles. The minimum absolute atomic E-state index is 0.00104. The Kier molecular flexibility index (Phi) is 8.46. The Bertz CT molecular complexity index is 230. The standard InChI is InChI=1S/C13H27N3OS/c1-18-11-6-12(14)13(17)15-7-10-16-8-4-2-3-5-9-16/h12H,2-11,14H2,1H3,(H,15,17)/t12-/m0/s1. The SMILES string of the molecule is CSCC[C@H](N)C(=O)NCCN1CCCCCC1. The predicted octanol–water partition coefficient (Wildman–Crippen LogP) is 1.06. The molecule has 1 amide bonds. The van der Waals surface area contributed by atoms with E-state index in [2.05, 4.69) is 10.2 Å². The van der Waals surface area contributed by atoms with Crippen molar-refractivity contribution >= 4 is 17.7 Å². The molecule has 4 nitrogen and oxygen atoms in total. The first-order chi connectivity index (χ1) is 8.74. The lowest BCUT2D eigenvalue weighted by atomic mass is 10.2. The molecule has 5 heteroatoms. The van der Waals surface area contributed by atoms with Crippen LogP contribution in [-0.2, 0) is 4.79 Å². The van der Waals surface area contributed by atoms with E-state index in [1.165, 1.54) is 38.8 Å². The number of hydrogen-bond acceptors (Lipinski definition) is 4. The number of rotatable bonds is 7. The summed E-state index contributed by atoms with van der Waals surface area (Å²) in [7, 11) is 0. The fraction of sp³-hybridized carbons (Fsp3) is 0.923. The van der Waals surface area contributed by atoms with Crippen molar-refractivity contribution in [2.45, 2.75) is 38.1 Å². The predicted molar refractivity (Wildman–Crippen MR) is 78.9 cm³/mol. The number of carbonyl (C=O) groups excluding carboxylic acids is 1. The average Bonchev–Trinajstić information content (AvgIpc) is 2.64. The highest BCUT2D eigenvalue weighted by atomic mass is 32.2. The molecule has 0 bridgehead atoms. The van der Waals surface area contributed by atoms with E-state index in [0.29, 0.717) is 0 Å². The van der Waals surface area contributed by atoms with Gasteiger partial charge in [-0.1, -0.05) is 12.8 Å². The van der Waals surface area contributed by atoms with Gasteiger partial charge in [-0.25, -0.2) is 0 Å². The van der Waals surface area contributed by atoms with E-state index in [-0.39, 0.29) is 11.9 Å². The molecular formula is C13H27N3OS. The molecule has 0 unspecified atom stereocenters. The van der Waals surface area contributed by atoms with Gasteiger partial charge in [0.15, 0.2) is 0 Å². The van der Waals surface area contributed by atoms with E-state index >= 15 is 0 Å². The molecule has 1 aliphatic heterocycles. The van der Waals surface area contributed by atoms with Crippen LogP contribution in [-0.4, -0.2) is 55.0 Å². The smallest absolute Gasteiger partial charge is 0.236 e. The fourth-order valence-corrected chi connectivity index (χ4v) is 2.69. The molecule has 1 heterocycles. The van der Waals surface area contributed by atoms with Crippen molar-refractivity contribution in [1.82, 2.24) is 10.2 Å². The van der Waals surface area contributed by atoms with Gasteiger partial charge in [-0.15, -0.1) is 0 Å². The highest BCUT2D eigenvalue weighted by Gasteiger charge is 2.13. The summed E-state index contributed by atoms with van der Waals surface area (Å²) in [6, 6.07) is -0.346. The lowest BCUT2D eigenvalue weighted by molar-refractivity contribution is -0.122. The van der Waals surface area contributed by atoms with Crippen molar-refractivity contribution in [1.29, 1.82) is 0 Å². The molecule has 0 saturated carbocycles. The van der Waals surface area contributed by atoms with E-state index < -0.39 is 0 Å². The van der Waals surface area contributed by atoms with Gasteiger partial charge < -0.3 is 16.0 Å². The topological polar surface area (TPSA) is 58.4 Å². The monoisotopic (exact) mass is 273 g/mol. The lowest BCUT2D eigenvalue weighted by Crippen LogP contribution is -2.44. The van der Waals surface area contributed by atoms with E-state index in [0.717, 1.165) is 25.3 Å². The van der Waals surface area contributed by atoms with Crippen LogP contribution in [0, 0.1) is 0 Å². The first-order valence-corrected chi connectivity index (χ1v) is 8.38. The third-order valence-electron chi connectivity index (χ3n) is 3.40. The molecule has 18 heavy (non-hydrogen) atoms. The summed E-state index contributed by atoms with van der Waals surface area (Å²) in [6.07, 6.45) is 8.08. The largest absolute Gasteiger partial charge is 0.353 e. The highest BCUT2D eigenvalue weighted by molar-refractivity contribution is 7.98. The highest BCUT2D eigenvalue weighted by Crippen LogP contribution is 2.08. The Balaban J connectivity index is 2.10. The maximum atomic E-state index is 11.7. The van der Waals surface area contributed by atoms with Crippen LogP contribution in [0.5, 0.6) is 0 Å². The maximum Gasteiger partial charge on any atom is 0.236 e. The van der Waals surface area contributed by atoms with E-state index in [1.54, 1.807) is 11.8 Å². The molecule has 1 fully saturated rings. The Morgan fingerprint density at radius 3 is 2.61 bits per heavy atom. The van der Waals surface area contributed by atoms with Crippen LogP contribution in [0.15, 0.2) is 0 Å². The number of nitrogens with zero attached hydrogens (tertiary/aromatic N) is 1. The molecule has 106 valence electrons. The number of thioether (sulfide) groups is 1. The molecule has 0 radical (unpaired) electrons. The van der Waals surface area contributed by atoms with Gasteiger partial charge in [0.1, 0.15) is 0 Å². The number of nitrogens with two attached hydrogens (primary N) is 1. The second-order valence-electron chi connectivity index (χ2n) is 4.93. The Morgan fingerprint density at radius 1 is 1.33 bits per heavy atom. The van der Waals surface area contributed by atoms with Gasteiger partial charge in [0, 0.05) is 13.1 Å². The van der Waals surface area contributed by atoms with Crippen molar-refractivity contribution < 1.29 is 4.79 Å². The van der Waals surface area contributed by atoms with E-state index in [4.69, 9.17) is 5.73 Å². The van der Waals surface area contributed by atoms with Gasteiger partial charge in [0.05, 0.1) is 6.04 Å². The fourth-order valence-electron chi connectivity index (χ4n) is 2.20. The summed E-state index contributed by atoms with van der Waals surface area (Å²) in [4.78, 5) is 14.1. The summed E-state index contributed by atoms with van der Waals surface area (Å²) < 4.78 is 0. The average molecular weight is 273 g/mol. The van der Waals surface area contributed by atoms with Gasteiger partial charge in [-0.3, -0.25) is 4.79 Å². The Morgan fingerprint density at radius 2 is 2.00 bits per heavy atom. The summed E-state index contributed by atoms with van der Waals surface area (Å²) >= 11 is 1.73. The van der Waals surface area contributed by atoms with E-state index in [9.17, 15) is 4.79 Å². The van der Waals surface area contributed by atoms with Crippen molar-refractivity contribution in [3.8, 4) is 0 Å². The minimum Gasteiger partial charge on any atom is -0.353 e. The minimum atomic E-state index is -0.346. The molecule has 0 spiro atoms. The molecular weight excluding hydrogens is 246 g/mol. The zero-order chi connectivity index (χ0) is 13.2. The summed E-state index contributed by atoms with van der Waals surface area (Å²) in [5.41, 5.74) is 5.81. The van der Waals surface area contributed by atoms with Crippen LogP contribution >= 0.6 is 11.8 Å². The zero-order valence-corrected chi connectivity index (χ0v) is 12.3. The molecule has 0 aromatic rings. The molecule has 0 aromatic carbocycles. The van der Waals surface area contributed by atoms with Crippen LogP contribution in [0.2, 0.25) is 0 Å². The quantitative estimate of drug-likeness (QED) is 0.728. The van der Waals surface area contributed by atoms with Crippen molar-refractivity contribution in [2.24, 2.45) is 5.73 Å². The van der Waals surface area contributed by atoms with Crippen LogP contribution in [0.3, 0.4) is 0 Å². The lowest BCUT2D eigenvalue weighted by Gasteiger charge is -2.20. The first-order valence-electron chi connectivity index (χ1n) is 6.98. The van der Waals surface area contributed by atoms with Gasteiger partial charge in [0.2, 0.25) is 5.91 Å². The van der Waals surface area contributed by atoms with Crippen LogP contribution in [0.25, 0.3) is 0 Å². The van der Waals surface area contributed by atoms with Crippen LogP contribution in [0.4, 0.5) is 0 Å². The normalized spacial score (nSPS) is 19.2. The zero-order valence-electron chi connectivity index (χ0n) is 11.5.